The number of carbonyl (C=O) groups excluding carboxylic acids is 2. The minimum Gasteiger partial charge on any atom is -0.369 e. The number of anilines is 2. The summed E-state index contributed by atoms with van der Waals surface area (Å²) in [5, 5.41) is 3.12. The lowest BCUT2D eigenvalue weighted by molar-refractivity contribution is -0.160. The Morgan fingerprint density at radius 2 is 1.48 bits per heavy atom. The zero-order chi connectivity index (χ0) is 22.6. The largest absolute Gasteiger partial charge is 0.369 e. The Labute approximate surface area is 197 Å². The number of likely N-dealkylation sites (tertiary alicyclic amines) is 1. The van der Waals surface area contributed by atoms with Crippen LogP contribution in [0.1, 0.15) is 51.4 Å². The highest BCUT2D eigenvalue weighted by atomic mass is 16.2. The van der Waals surface area contributed by atoms with Gasteiger partial charge in [-0.15, -0.1) is 0 Å². The predicted molar refractivity (Wildman–Crippen MR) is 130 cm³/mol. The lowest BCUT2D eigenvalue weighted by atomic mass is 9.49. The average molecular weight is 451 g/mol. The molecule has 6 heteroatoms. The van der Waals surface area contributed by atoms with Crippen molar-refractivity contribution in [3.63, 3.8) is 0 Å². The third kappa shape index (κ3) is 3.94. The lowest BCUT2D eigenvalue weighted by Crippen LogP contribution is -2.56. The molecule has 0 unspecified atom stereocenters. The first kappa shape index (κ1) is 21.5. The molecule has 2 heterocycles. The summed E-state index contributed by atoms with van der Waals surface area (Å²) in [5.74, 6) is 2.51. The van der Waals surface area contributed by atoms with Gasteiger partial charge in [-0.1, -0.05) is 0 Å². The molecule has 1 aromatic rings. The van der Waals surface area contributed by atoms with Gasteiger partial charge in [-0.2, -0.15) is 0 Å². The van der Waals surface area contributed by atoms with E-state index in [1.54, 1.807) is 0 Å². The highest BCUT2D eigenvalue weighted by Gasteiger charge is 2.56. The molecule has 0 radical (unpaired) electrons. The normalized spacial score (nSPS) is 35.8. The Kier molecular flexibility index (Phi) is 5.39. The molecule has 4 bridgehead atoms. The molecule has 2 amide bonds. The molecule has 0 spiro atoms. The maximum Gasteiger partial charge on any atom is 0.247 e. The molecule has 6 aliphatic rings. The van der Waals surface area contributed by atoms with Crippen LogP contribution < -0.4 is 10.2 Å². The Hall–Kier alpha value is -2.08. The molecule has 0 aromatic heterocycles. The maximum atomic E-state index is 13.8. The third-order valence-corrected chi connectivity index (χ3v) is 9.31. The third-order valence-electron chi connectivity index (χ3n) is 9.31. The van der Waals surface area contributed by atoms with E-state index in [1.807, 2.05) is 17.0 Å². The number of nitrogens with zero attached hydrogens (tertiary/aromatic N) is 3. The molecule has 7 rings (SSSR count). The number of hydrogen-bond acceptors (Lipinski definition) is 4. The second-order valence-electron chi connectivity index (χ2n) is 11.7. The van der Waals surface area contributed by atoms with Crippen molar-refractivity contribution in [1.82, 2.24) is 9.80 Å². The van der Waals surface area contributed by atoms with E-state index in [0.717, 1.165) is 88.3 Å². The monoisotopic (exact) mass is 450 g/mol. The number of likely N-dealkylation sites (N-methyl/N-ethyl adjacent to an activating group) is 1. The first-order valence-corrected chi connectivity index (χ1v) is 13.1. The number of amides is 2. The highest BCUT2D eigenvalue weighted by Crippen LogP contribution is 2.60. The van der Waals surface area contributed by atoms with E-state index in [9.17, 15) is 9.59 Å². The quantitative estimate of drug-likeness (QED) is 0.762. The van der Waals surface area contributed by atoms with Gasteiger partial charge in [0.25, 0.3) is 0 Å². The smallest absolute Gasteiger partial charge is 0.247 e. The minimum absolute atomic E-state index is 0.0158. The Morgan fingerprint density at radius 1 is 0.879 bits per heavy atom. The Balaban J connectivity index is 1.11. The van der Waals surface area contributed by atoms with Crippen LogP contribution in [0.2, 0.25) is 0 Å². The second-order valence-corrected chi connectivity index (χ2v) is 11.7. The van der Waals surface area contributed by atoms with Gasteiger partial charge in [-0.05, 0) is 100 Å². The summed E-state index contributed by atoms with van der Waals surface area (Å²) >= 11 is 0. The second kappa shape index (κ2) is 8.30. The first-order valence-electron chi connectivity index (χ1n) is 13.1. The van der Waals surface area contributed by atoms with Gasteiger partial charge in [0.2, 0.25) is 11.8 Å². The summed E-state index contributed by atoms with van der Waals surface area (Å²) in [6, 6.07) is 7.90. The van der Waals surface area contributed by atoms with Crippen molar-refractivity contribution in [1.29, 1.82) is 0 Å². The van der Waals surface area contributed by atoms with E-state index >= 15 is 0 Å². The molecule has 1 atom stereocenters. The van der Waals surface area contributed by atoms with Crippen LogP contribution in [-0.4, -0.2) is 67.4 Å². The fourth-order valence-electron chi connectivity index (χ4n) is 8.01. The van der Waals surface area contributed by atoms with Crippen LogP contribution in [0, 0.1) is 23.2 Å². The summed E-state index contributed by atoms with van der Waals surface area (Å²) in [5.41, 5.74) is 1.87. The van der Waals surface area contributed by atoms with Crippen LogP contribution in [0.15, 0.2) is 24.3 Å². The summed E-state index contributed by atoms with van der Waals surface area (Å²) in [6.07, 6.45) is 8.91. The topological polar surface area (TPSA) is 55.9 Å². The molecule has 6 fully saturated rings. The van der Waals surface area contributed by atoms with E-state index in [2.05, 4.69) is 34.3 Å². The van der Waals surface area contributed by atoms with Gasteiger partial charge in [0.15, 0.2) is 0 Å². The molecule has 2 aliphatic heterocycles. The van der Waals surface area contributed by atoms with Gasteiger partial charge < -0.3 is 20.0 Å². The fraction of sp³-hybridized carbons (Fsp3) is 0.704. The average Bonchev–Trinajstić information content (AvgIpc) is 3.29. The van der Waals surface area contributed by atoms with E-state index in [4.69, 9.17) is 0 Å². The molecular formula is C27H38N4O2. The van der Waals surface area contributed by atoms with Crippen molar-refractivity contribution < 1.29 is 9.59 Å². The fourth-order valence-corrected chi connectivity index (χ4v) is 8.01. The predicted octanol–water partition coefficient (Wildman–Crippen LogP) is 3.58. The number of rotatable bonds is 4. The molecule has 4 aliphatic carbocycles. The SMILES string of the molecule is CN1CCN(c2ccc(NC(=O)[C@@H]3CCCN3C(=O)C34CC5CC(CC(C5)C3)C4)cc2)CC1. The van der Waals surface area contributed by atoms with E-state index in [-0.39, 0.29) is 17.4 Å². The molecule has 6 nitrogen and oxygen atoms in total. The van der Waals surface area contributed by atoms with Gasteiger partial charge in [0, 0.05) is 44.1 Å². The molecule has 33 heavy (non-hydrogen) atoms. The highest BCUT2D eigenvalue weighted by molar-refractivity contribution is 5.98. The number of nitrogens with one attached hydrogen (secondary N) is 1. The Morgan fingerprint density at radius 3 is 2.09 bits per heavy atom. The number of piperazine rings is 1. The van der Waals surface area contributed by atoms with Crippen molar-refractivity contribution in [2.45, 2.75) is 57.4 Å². The van der Waals surface area contributed by atoms with Crippen molar-refractivity contribution in [2.75, 3.05) is 50.0 Å². The maximum absolute atomic E-state index is 13.8. The summed E-state index contributed by atoms with van der Waals surface area (Å²) in [4.78, 5) is 33.8. The van der Waals surface area contributed by atoms with Crippen LogP contribution in [0.25, 0.3) is 0 Å². The van der Waals surface area contributed by atoms with Crippen molar-refractivity contribution in [2.24, 2.45) is 23.2 Å². The zero-order valence-electron chi connectivity index (χ0n) is 20.0. The molecule has 2 saturated heterocycles. The molecule has 1 N–H and O–H groups in total. The molecule has 1 aromatic carbocycles. The number of carbonyl (C=O) groups is 2. The minimum atomic E-state index is -0.317. The zero-order valence-corrected chi connectivity index (χ0v) is 20.0. The van der Waals surface area contributed by atoms with Crippen LogP contribution in [0.5, 0.6) is 0 Å². The van der Waals surface area contributed by atoms with Gasteiger partial charge in [0.1, 0.15) is 6.04 Å². The van der Waals surface area contributed by atoms with Crippen molar-refractivity contribution in [3.8, 4) is 0 Å². The lowest BCUT2D eigenvalue weighted by Gasteiger charge is -2.56. The number of benzene rings is 1. The van der Waals surface area contributed by atoms with Gasteiger partial charge in [-0.25, -0.2) is 0 Å². The Bertz CT molecular complexity index is 870. The molecule has 4 saturated carbocycles. The number of hydrogen-bond donors (Lipinski definition) is 1. The molecular weight excluding hydrogens is 412 g/mol. The van der Waals surface area contributed by atoms with Crippen LogP contribution in [0.3, 0.4) is 0 Å². The first-order chi connectivity index (χ1) is 16.0. The van der Waals surface area contributed by atoms with Gasteiger partial charge in [0.05, 0.1) is 5.41 Å². The molecule has 178 valence electrons. The van der Waals surface area contributed by atoms with E-state index < -0.39 is 0 Å². The van der Waals surface area contributed by atoms with Crippen LogP contribution >= 0.6 is 0 Å². The summed E-state index contributed by atoms with van der Waals surface area (Å²) in [7, 11) is 2.16. The van der Waals surface area contributed by atoms with Crippen molar-refractivity contribution >= 4 is 23.2 Å². The van der Waals surface area contributed by atoms with E-state index in [1.165, 1.54) is 24.9 Å². The van der Waals surface area contributed by atoms with Crippen LogP contribution in [-0.2, 0) is 9.59 Å². The standard InChI is InChI=1S/C27H38N4O2/c1-29-9-11-30(12-10-29)23-6-4-22(5-7-23)28-25(32)24-3-2-8-31(24)26(33)27-16-19-13-20(17-27)15-21(14-19)18-27/h4-7,19-21,24H,2-3,8-18H2,1H3,(H,28,32)/t19?,20?,21?,24-,27?/m0/s1. The van der Waals surface area contributed by atoms with Crippen molar-refractivity contribution in [3.05, 3.63) is 24.3 Å². The van der Waals surface area contributed by atoms with Gasteiger partial charge >= 0.3 is 0 Å². The van der Waals surface area contributed by atoms with Gasteiger partial charge in [-0.3, -0.25) is 9.59 Å². The summed E-state index contributed by atoms with van der Waals surface area (Å²) in [6.45, 7) is 4.96. The van der Waals surface area contributed by atoms with E-state index in [0.29, 0.717) is 5.91 Å². The van der Waals surface area contributed by atoms with Crippen LogP contribution in [0.4, 0.5) is 11.4 Å². The summed E-state index contributed by atoms with van der Waals surface area (Å²) < 4.78 is 0.